The molecule has 0 bridgehead atoms. The number of benzene rings is 1. The zero-order valence-electron chi connectivity index (χ0n) is 15.2. The van der Waals surface area contributed by atoms with Crippen molar-refractivity contribution in [1.29, 1.82) is 0 Å². The van der Waals surface area contributed by atoms with Crippen molar-refractivity contribution in [3.05, 3.63) is 29.8 Å². The van der Waals surface area contributed by atoms with Gasteiger partial charge in [-0.05, 0) is 39.0 Å². The predicted molar refractivity (Wildman–Crippen MR) is 94.0 cm³/mol. The maximum atomic E-state index is 6.06. The summed E-state index contributed by atoms with van der Waals surface area (Å²) < 4.78 is 22.8. The summed E-state index contributed by atoms with van der Waals surface area (Å²) >= 11 is 0. The van der Waals surface area contributed by atoms with Crippen LogP contribution in [0.2, 0.25) is 0 Å². The van der Waals surface area contributed by atoms with Crippen LogP contribution in [0.4, 0.5) is 0 Å². The summed E-state index contributed by atoms with van der Waals surface area (Å²) in [5.41, 5.74) is 0.728. The van der Waals surface area contributed by atoms with Gasteiger partial charge >= 0.3 is 0 Å². The van der Waals surface area contributed by atoms with Crippen molar-refractivity contribution in [2.75, 3.05) is 26.9 Å². The van der Waals surface area contributed by atoms with Gasteiger partial charge in [0.1, 0.15) is 11.5 Å². The molecule has 1 aromatic carbocycles. The van der Waals surface area contributed by atoms with Crippen LogP contribution in [0.1, 0.15) is 40.2 Å². The second-order valence-electron chi connectivity index (χ2n) is 5.92. The van der Waals surface area contributed by atoms with Gasteiger partial charge in [-0.25, -0.2) is 0 Å². The van der Waals surface area contributed by atoms with E-state index in [1.54, 1.807) is 7.11 Å². The Morgan fingerprint density at radius 3 is 2.30 bits per heavy atom. The number of ether oxygens (including phenoxy) is 4. The Labute approximate surface area is 140 Å². The lowest BCUT2D eigenvalue weighted by atomic mass is 9.93. The highest BCUT2D eigenvalue weighted by Crippen LogP contribution is 2.30. The van der Waals surface area contributed by atoms with Crippen LogP contribution < -0.4 is 9.47 Å². The maximum Gasteiger partial charge on any atom is 0.165 e. The summed E-state index contributed by atoms with van der Waals surface area (Å²) in [6.07, 6.45) is 3.70. The Morgan fingerprint density at radius 2 is 1.78 bits per heavy atom. The van der Waals surface area contributed by atoms with Gasteiger partial charge in [-0.2, -0.15) is 0 Å². The first-order valence-corrected chi connectivity index (χ1v) is 8.15. The van der Waals surface area contributed by atoms with Gasteiger partial charge in [-0.15, -0.1) is 0 Å². The molecule has 0 aliphatic carbocycles. The average Bonchev–Trinajstić information content (AvgIpc) is 2.53. The Kier molecular flexibility index (Phi) is 8.13. The molecule has 0 atom stereocenters. The van der Waals surface area contributed by atoms with Gasteiger partial charge < -0.3 is 18.9 Å². The molecule has 4 nitrogen and oxygen atoms in total. The lowest BCUT2D eigenvalue weighted by Crippen LogP contribution is -2.39. The number of allylic oxidation sites excluding steroid dienone is 1. The van der Waals surface area contributed by atoms with E-state index >= 15 is 0 Å². The minimum absolute atomic E-state index is 0.265. The summed E-state index contributed by atoms with van der Waals surface area (Å²) in [4.78, 5) is 0. The van der Waals surface area contributed by atoms with Gasteiger partial charge in [0.2, 0.25) is 0 Å². The van der Waals surface area contributed by atoms with Gasteiger partial charge in [-0.3, -0.25) is 0 Å². The van der Waals surface area contributed by atoms with Crippen molar-refractivity contribution in [2.45, 2.75) is 40.9 Å². The number of hydrogen-bond donors (Lipinski definition) is 0. The molecular weight excluding hydrogens is 292 g/mol. The normalized spacial score (nSPS) is 12.1. The molecule has 0 N–H and O–H groups in total. The molecule has 0 saturated carbocycles. The molecule has 0 saturated heterocycles. The minimum atomic E-state index is -0.291. The zero-order chi connectivity index (χ0) is 17.3. The molecule has 0 fully saturated rings. The summed E-state index contributed by atoms with van der Waals surface area (Å²) in [7, 11) is 1.66. The van der Waals surface area contributed by atoms with E-state index in [-0.39, 0.29) is 11.7 Å². The number of methoxy groups -OCH3 is 1. The van der Waals surface area contributed by atoms with Crippen molar-refractivity contribution in [2.24, 2.45) is 5.41 Å². The third-order valence-corrected chi connectivity index (χ3v) is 3.44. The van der Waals surface area contributed by atoms with E-state index in [1.807, 2.05) is 51.1 Å². The summed E-state index contributed by atoms with van der Waals surface area (Å²) in [6.45, 7) is 11.8. The first kappa shape index (κ1) is 19.5. The number of hydrogen-bond acceptors (Lipinski definition) is 4. The summed E-state index contributed by atoms with van der Waals surface area (Å²) in [5.74, 6) is 1.63. The van der Waals surface area contributed by atoms with E-state index in [1.165, 1.54) is 0 Å². The topological polar surface area (TPSA) is 36.9 Å². The number of rotatable bonds is 10. The van der Waals surface area contributed by atoms with E-state index in [0.29, 0.717) is 19.8 Å². The van der Waals surface area contributed by atoms with Crippen molar-refractivity contribution < 1.29 is 18.9 Å². The van der Waals surface area contributed by atoms with Crippen molar-refractivity contribution in [3.63, 3.8) is 0 Å². The Hall–Kier alpha value is -1.52. The van der Waals surface area contributed by atoms with Crippen molar-refractivity contribution in [1.82, 2.24) is 0 Å². The molecule has 0 spiro atoms. The summed E-state index contributed by atoms with van der Waals surface area (Å²) in [6, 6.07) is 5.80. The molecule has 0 heterocycles. The predicted octanol–water partition coefficient (Wildman–Crippen LogP) is 4.53. The molecule has 0 aliphatic heterocycles. The molecule has 1 rings (SSSR count). The average molecular weight is 322 g/mol. The largest absolute Gasteiger partial charge is 0.497 e. The van der Waals surface area contributed by atoms with Crippen LogP contribution in [0, 0.1) is 5.41 Å². The van der Waals surface area contributed by atoms with Crippen LogP contribution in [0.15, 0.2) is 24.3 Å². The molecule has 0 aliphatic rings. The van der Waals surface area contributed by atoms with Crippen molar-refractivity contribution >= 4 is 6.08 Å². The maximum absolute atomic E-state index is 6.06. The van der Waals surface area contributed by atoms with E-state index in [9.17, 15) is 0 Å². The highest BCUT2D eigenvalue weighted by molar-refractivity contribution is 5.59. The molecule has 0 radical (unpaired) electrons. The fourth-order valence-corrected chi connectivity index (χ4v) is 2.23. The molecule has 0 unspecified atom stereocenters. The Balaban J connectivity index is 2.86. The molecule has 1 aromatic rings. The van der Waals surface area contributed by atoms with Crippen LogP contribution in [0.3, 0.4) is 0 Å². The summed E-state index contributed by atoms with van der Waals surface area (Å²) in [5, 5.41) is 0. The van der Waals surface area contributed by atoms with Gasteiger partial charge in [0.15, 0.2) is 6.29 Å². The molecule has 0 amide bonds. The quantitative estimate of drug-likeness (QED) is 0.593. The second kappa shape index (κ2) is 9.58. The monoisotopic (exact) mass is 322 g/mol. The van der Waals surface area contributed by atoms with Crippen molar-refractivity contribution in [3.8, 4) is 11.5 Å². The minimum Gasteiger partial charge on any atom is -0.497 e. The Morgan fingerprint density at radius 1 is 1.13 bits per heavy atom. The third kappa shape index (κ3) is 5.88. The lowest BCUT2D eigenvalue weighted by Gasteiger charge is -2.33. The lowest BCUT2D eigenvalue weighted by molar-refractivity contribution is -0.201. The first-order chi connectivity index (χ1) is 11.0. The van der Waals surface area contributed by atoms with Gasteiger partial charge in [-0.1, -0.05) is 26.0 Å². The van der Waals surface area contributed by atoms with Gasteiger partial charge in [0.05, 0.1) is 13.7 Å². The first-order valence-electron chi connectivity index (χ1n) is 8.15. The standard InChI is InChI=1S/C19H30O4/c1-7-10-15-13-16(20-6)11-12-17(15)23-14-19(4,5)18(21-8-2)22-9-3/h7,10-13,18H,8-9,14H2,1-6H3/b10-7+. The van der Waals surface area contributed by atoms with E-state index < -0.39 is 0 Å². The van der Waals surface area contributed by atoms with Crippen LogP contribution in [0.5, 0.6) is 11.5 Å². The van der Waals surface area contributed by atoms with Crippen LogP contribution in [-0.4, -0.2) is 33.2 Å². The molecule has 0 aromatic heterocycles. The van der Waals surface area contributed by atoms with Crippen LogP contribution in [0.25, 0.3) is 6.08 Å². The van der Waals surface area contributed by atoms with Crippen LogP contribution >= 0.6 is 0 Å². The van der Waals surface area contributed by atoms with E-state index in [2.05, 4.69) is 13.8 Å². The van der Waals surface area contributed by atoms with E-state index in [4.69, 9.17) is 18.9 Å². The fraction of sp³-hybridized carbons (Fsp3) is 0.579. The molecule has 130 valence electrons. The highest BCUT2D eigenvalue weighted by Gasteiger charge is 2.32. The van der Waals surface area contributed by atoms with E-state index in [0.717, 1.165) is 17.1 Å². The smallest absolute Gasteiger partial charge is 0.165 e. The Bertz CT molecular complexity index is 488. The van der Waals surface area contributed by atoms with Gasteiger partial charge in [0, 0.05) is 24.2 Å². The third-order valence-electron chi connectivity index (χ3n) is 3.44. The SMILES string of the molecule is C/C=C/c1cc(OC)ccc1OCC(C)(C)C(OCC)OCC. The zero-order valence-corrected chi connectivity index (χ0v) is 15.2. The molecular formula is C19H30O4. The van der Waals surface area contributed by atoms with Crippen LogP contribution in [-0.2, 0) is 9.47 Å². The molecule has 23 heavy (non-hydrogen) atoms. The highest BCUT2D eigenvalue weighted by atomic mass is 16.7. The second-order valence-corrected chi connectivity index (χ2v) is 5.92. The molecule has 4 heteroatoms. The fourth-order valence-electron chi connectivity index (χ4n) is 2.23. The van der Waals surface area contributed by atoms with Gasteiger partial charge in [0.25, 0.3) is 0 Å².